The Hall–Kier alpha value is -0.590. The molecule has 0 radical (unpaired) electrons. The summed E-state index contributed by atoms with van der Waals surface area (Å²) in [5.74, 6) is 3.16. The summed E-state index contributed by atoms with van der Waals surface area (Å²) >= 11 is 0. The fraction of sp³-hybridized carbons (Fsp3) is 0.800. The Labute approximate surface area is 75.6 Å². The van der Waals surface area contributed by atoms with E-state index in [9.17, 15) is 0 Å². The van der Waals surface area contributed by atoms with Crippen LogP contribution in [0, 0.1) is 11.3 Å². The van der Waals surface area contributed by atoms with E-state index in [0.717, 1.165) is 19.5 Å². The van der Waals surface area contributed by atoms with Gasteiger partial charge < -0.3 is 5.73 Å². The maximum Gasteiger partial charge on any atom is 0.0537 e. The lowest BCUT2D eigenvalue weighted by Crippen LogP contribution is -2.26. The van der Waals surface area contributed by atoms with Gasteiger partial charge in [-0.25, -0.2) is 4.99 Å². The molecular formula is C10H20N2. The molecule has 2 N–H and O–H groups in total. The smallest absolute Gasteiger partial charge is 0.0537 e. The van der Waals surface area contributed by atoms with Gasteiger partial charge in [0.05, 0.1) is 6.54 Å². The van der Waals surface area contributed by atoms with Crippen LogP contribution in [0.1, 0.15) is 27.2 Å². The molecule has 0 rings (SSSR count). The SMILES string of the molecule is C=C=NCC(C)(C)C(C)CCN. The average molecular weight is 168 g/mol. The maximum absolute atomic E-state index is 5.50. The molecule has 0 saturated carbocycles. The first-order valence-corrected chi connectivity index (χ1v) is 4.43. The number of hydrogen-bond acceptors (Lipinski definition) is 2. The Balaban J connectivity index is 4.07. The third kappa shape index (κ3) is 3.70. The van der Waals surface area contributed by atoms with E-state index in [2.05, 4.69) is 38.2 Å². The number of rotatable bonds is 5. The van der Waals surface area contributed by atoms with E-state index in [-0.39, 0.29) is 5.41 Å². The maximum atomic E-state index is 5.50. The lowest BCUT2D eigenvalue weighted by atomic mass is 9.78. The number of nitrogens with zero attached hydrogens (tertiary/aromatic N) is 1. The predicted octanol–water partition coefficient (Wildman–Crippen LogP) is 1.85. The Kier molecular flexibility index (Phi) is 4.87. The zero-order chi connectivity index (χ0) is 9.61. The minimum absolute atomic E-state index is 0.212. The van der Waals surface area contributed by atoms with Gasteiger partial charge in [0.25, 0.3) is 0 Å². The van der Waals surface area contributed by atoms with E-state index in [1.165, 1.54) is 0 Å². The Morgan fingerprint density at radius 1 is 1.58 bits per heavy atom. The monoisotopic (exact) mass is 168 g/mol. The van der Waals surface area contributed by atoms with Crippen molar-refractivity contribution in [2.24, 2.45) is 22.1 Å². The lowest BCUT2D eigenvalue weighted by Gasteiger charge is -2.29. The fourth-order valence-corrected chi connectivity index (χ4v) is 1.06. The van der Waals surface area contributed by atoms with Crippen molar-refractivity contribution in [3.05, 3.63) is 6.58 Å². The number of nitrogens with two attached hydrogens (primary N) is 1. The molecule has 0 aromatic carbocycles. The molecule has 0 saturated heterocycles. The van der Waals surface area contributed by atoms with E-state index >= 15 is 0 Å². The van der Waals surface area contributed by atoms with Crippen LogP contribution in [0.15, 0.2) is 11.6 Å². The second-order valence-electron chi connectivity index (χ2n) is 3.94. The highest BCUT2D eigenvalue weighted by molar-refractivity contribution is 5.46. The van der Waals surface area contributed by atoms with Gasteiger partial charge >= 0.3 is 0 Å². The van der Waals surface area contributed by atoms with E-state index in [0.29, 0.717) is 5.92 Å². The highest BCUT2D eigenvalue weighted by Gasteiger charge is 2.24. The molecule has 0 aromatic heterocycles. The molecule has 0 fully saturated rings. The van der Waals surface area contributed by atoms with Crippen LogP contribution in [0.2, 0.25) is 0 Å². The number of aliphatic imine (C=N–C) groups is 1. The average Bonchev–Trinajstić information content (AvgIpc) is 2.01. The molecule has 0 amide bonds. The Bertz CT molecular complexity index is 167. The van der Waals surface area contributed by atoms with Crippen molar-refractivity contribution in [1.29, 1.82) is 0 Å². The summed E-state index contributed by atoms with van der Waals surface area (Å²) in [5, 5.41) is 0. The molecule has 12 heavy (non-hydrogen) atoms. The quantitative estimate of drug-likeness (QED) is 0.625. The van der Waals surface area contributed by atoms with Gasteiger partial charge in [-0.2, -0.15) is 0 Å². The summed E-state index contributed by atoms with van der Waals surface area (Å²) in [4.78, 5) is 4.04. The van der Waals surface area contributed by atoms with Gasteiger partial charge in [-0.1, -0.05) is 20.8 Å². The first kappa shape index (κ1) is 11.4. The Morgan fingerprint density at radius 3 is 2.58 bits per heavy atom. The van der Waals surface area contributed by atoms with Gasteiger partial charge in [0, 0.05) is 0 Å². The van der Waals surface area contributed by atoms with Crippen molar-refractivity contribution in [1.82, 2.24) is 0 Å². The van der Waals surface area contributed by atoms with Crippen LogP contribution < -0.4 is 5.73 Å². The summed E-state index contributed by atoms with van der Waals surface area (Å²) in [6.07, 6.45) is 1.06. The summed E-state index contributed by atoms with van der Waals surface area (Å²) in [5.41, 5.74) is 5.71. The summed E-state index contributed by atoms with van der Waals surface area (Å²) < 4.78 is 0. The van der Waals surface area contributed by atoms with Gasteiger partial charge in [0.2, 0.25) is 0 Å². The highest BCUT2D eigenvalue weighted by Crippen LogP contribution is 2.28. The predicted molar refractivity (Wildman–Crippen MR) is 54.5 cm³/mol. The molecule has 2 nitrogen and oxygen atoms in total. The molecule has 0 aliphatic carbocycles. The summed E-state index contributed by atoms with van der Waals surface area (Å²) in [6, 6.07) is 0. The summed E-state index contributed by atoms with van der Waals surface area (Å²) in [7, 11) is 0. The van der Waals surface area contributed by atoms with Crippen molar-refractivity contribution in [2.75, 3.05) is 13.1 Å². The van der Waals surface area contributed by atoms with Crippen LogP contribution in [0.5, 0.6) is 0 Å². The molecule has 70 valence electrons. The topological polar surface area (TPSA) is 38.4 Å². The van der Waals surface area contributed by atoms with Crippen LogP contribution >= 0.6 is 0 Å². The standard InChI is InChI=1S/C10H20N2/c1-5-12-8-10(3,4)9(2)6-7-11/h9H,1,6-8,11H2,2-4H3. The van der Waals surface area contributed by atoms with Gasteiger partial charge in [0.1, 0.15) is 0 Å². The zero-order valence-corrected chi connectivity index (χ0v) is 8.43. The van der Waals surface area contributed by atoms with Crippen molar-refractivity contribution >= 4 is 5.87 Å². The van der Waals surface area contributed by atoms with Crippen LogP contribution in [-0.4, -0.2) is 19.0 Å². The van der Waals surface area contributed by atoms with E-state index in [1.54, 1.807) is 0 Å². The molecule has 1 unspecified atom stereocenters. The zero-order valence-electron chi connectivity index (χ0n) is 8.43. The van der Waals surface area contributed by atoms with Gasteiger partial charge in [-0.15, -0.1) is 0 Å². The van der Waals surface area contributed by atoms with Crippen molar-refractivity contribution in [2.45, 2.75) is 27.2 Å². The van der Waals surface area contributed by atoms with Crippen molar-refractivity contribution < 1.29 is 0 Å². The highest BCUT2D eigenvalue weighted by atomic mass is 14.7. The van der Waals surface area contributed by atoms with Crippen molar-refractivity contribution in [3.8, 4) is 0 Å². The minimum Gasteiger partial charge on any atom is -0.330 e. The molecule has 0 bridgehead atoms. The van der Waals surface area contributed by atoms with Crippen molar-refractivity contribution in [3.63, 3.8) is 0 Å². The molecule has 0 aromatic rings. The van der Waals surface area contributed by atoms with Crippen LogP contribution in [0.4, 0.5) is 0 Å². The molecule has 0 aliphatic rings. The van der Waals surface area contributed by atoms with E-state index < -0.39 is 0 Å². The van der Waals surface area contributed by atoms with Gasteiger partial charge in [-0.3, -0.25) is 0 Å². The fourth-order valence-electron chi connectivity index (χ4n) is 1.06. The molecule has 1 atom stereocenters. The van der Waals surface area contributed by atoms with Gasteiger partial charge in [-0.05, 0) is 36.7 Å². The van der Waals surface area contributed by atoms with Crippen LogP contribution in [0.3, 0.4) is 0 Å². The second-order valence-corrected chi connectivity index (χ2v) is 3.94. The molecular weight excluding hydrogens is 148 g/mol. The molecule has 0 aliphatic heterocycles. The van der Waals surface area contributed by atoms with Crippen LogP contribution in [0.25, 0.3) is 0 Å². The number of hydrogen-bond donors (Lipinski definition) is 1. The minimum atomic E-state index is 0.212. The third-order valence-corrected chi connectivity index (χ3v) is 2.53. The molecule has 2 heteroatoms. The lowest BCUT2D eigenvalue weighted by molar-refractivity contribution is 0.232. The van der Waals surface area contributed by atoms with E-state index in [4.69, 9.17) is 5.73 Å². The molecule has 0 spiro atoms. The Morgan fingerprint density at radius 2 is 2.17 bits per heavy atom. The first-order chi connectivity index (χ1) is 5.54. The largest absolute Gasteiger partial charge is 0.330 e. The van der Waals surface area contributed by atoms with Gasteiger partial charge in [0.15, 0.2) is 0 Å². The summed E-state index contributed by atoms with van der Waals surface area (Å²) in [6.45, 7) is 11.6. The normalized spacial score (nSPS) is 13.7. The second kappa shape index (κ2) is 5.13. The first-order valence-electron chi connectivity index (χ1n) is 4.43. The van der Waals surface area contributed by atoms with E-state index in [1.807, 2.05) is 0 Å². The molecule has 0 heterocycles. The van der Waals surface area contributed by atoms with Crippen LogP contribution in [-0.2, 0) is 0 Å². The third-order valence-electron chi connectivity index (χ3n) is 2.53.